The number of rotatable bonds is 6. The predicted octanol–water partition coefficient (Wildman–Crippen LogP) is 4.26. The van der Waals surface area contributed by atoms with Gasteiger partial charge in [0.2, 0.25) is 0 Å². The lowest BCUT2D eigenvalue weighted by Crippen LogP contribution is -2.30. The van der Waals surface area contributed by atoms with E-state index in [0.717, 1.165) is 29.7 Å². The molecule has 3 rings (SSSR count). The Labute approximate surface area is 153 Å². The fraction of sp³-hybridized carbons (Fsp3) is 0.273. The molecule has 1 N–H and O–H groups in total. The van der Waals surface area contributed by atoms with E-state index in [2.05, 4.69) is 5.32 Å². The van der Waals surface area contributed by atoms with Crippen LogP contribution in [0.3, 0.4) is 0 Å². The molecule has 0 heterocycles. The molecule has 0 amide bonds. The SMILES string of the molecule is CC(=O)O[C@H](c1ccccc1)[C@@H](NC1=CC(=O)CCC1)c1ccccc1. The molecule has 0 aromatic heterocycles. The number of esters is 1. The Bertz CT molecular complexity index is 784. The quantitative estimate of drug-likeness (QED) is 0.792. The Kier molecular flexibility index (Phi) is 5.84. The molecular weight excluding hydrogens is 326 g/mol. The molecule has 4 heteroatoms. The number of nitrogens with one attached hydrogen (secondary N) is 1. The molecule has 26 heavy (non-hydrogen) atoms. The summed E-state index contributed by atoms with van der Waals surface area (Å²) in [5, 5.41) is 3.47. The van der Waals surface area contributed by atoms with Crippen LogP contribution in [0, 0.1) is 0 Å². The van der Waals surface area contributed by atoms with Crippen molar-refractivity contribution >= 4 is 11.8 Å². The summed E-state index contributed by atoms with van der Waals surface area (Å²) < 4.78 is 5.71. The van der Waals surface area contributed by atoms with Gasteiger partial charge in [-0.25, -0.2) is 0 Å². The lowest BCUT2D eigenvalue weighted by Gasteiger charge is -2.31. The molecule has 2 aromatic carbocycles. The maximum Gasteiger partial charge on any atom is 0.303 e. The molecule has 0 unspecified atom stereocenters. The highest BCUT2D eigenvalue weighted by Crippen LogP contribution is 2.34. The van der Waals surface area contributed by atoms with Crippen LogP contribution in [0.1, 0.15) is 49.5 Å². The molecule has 0 spiro atoms. The highest BCUT2D eigenvalue weighted by Gasteiger charge is 2.28. The van der Waals surface area contributed by atoms with Gasteiger partial charge in [-0.1, -0.05) is 60.7 Å². The largest absolute Gasteiger partial charge is 0.455 e. The third kappa shape index (κ3) is 4.60. The molecule has 0 aliphatic heterocycles. The van der Waals surface area contributed by atoms with Crippen molar-refractivity contribution < 1.29 is 14.3 Å². The lowest BCUT2D eigenvalue weighted by atomic mass is 9.94. The summed E-state index contributed by atoms with van der Waals surface area (Å²) in [5.41, 5.74) is 2.80. The van der Waals surface area contributed by atoms with Gasteiger partial charge < -0.3 is 10.1 Å². The second kappa shape index (κ2) is 8.48. The van der Waals surface area contributed by atoms with E-state index in [4.69, 9.17) is 4.74 Å². The van der Waals surface area contributed by atoms with Crippen LogP contribution in [0.15, 0.2) is 72.4 Å². The summed E-state index contributed by atoms with van der Waals surface area (Å²) in [4.78, 5) is 23.6. The maximum atomic E-state index is 11.8. The summed E-state index contributed by atoms with van der Waals surface area (Å²) >= 11 is 0. The fourth-order valence-electron chi connectivity index (χ4n) is 3.25. The molecule has 0 saturated heterocycles. The van der Waals surface area contributed by atoms with Gasteiger partial charge in [-0.15, -0.1) is 0 Å². The summed E-state index contributed by atoms with van der Waals surface area (Å²) in [6, 6.07) is 19.3. The lowest BCUT2D eigenvalue weighted by molar-refractivity contribution is -0.148. The predicted molar refractivity (Wildman–Crippen MR) is 100 cm³/mol. The number of ether oxygens (including phenoxy) is 1. The molecule has 1 aliphatic carbocycles. The Balaban J connectivity index is 1.99. The zero-order valence-corrected chi connectivity index (χ0v) is 14.9. The van der Waals surface area contributed by atoms with Crippen LogP contribution in [-0.4, -0.2) is 11.8 Å². The first-order valence-corrected chi connectivity index (χ1v) is 8.90. The molecule has 134 valence electrons. The molecule has 2 atom stereocenters. The minimum atomic E-state index is -0.492. The Hall–Kier alpha value is -2.88. The van der Waals surface area contributed by atoms with Crippen molar-refractivity contribution in [3.05, 3.63) is 83.6 Å². The maximum absolute atomic E-state index is 11.8. The summed E-state index contributed by atoms with van der Waals surface area (Å²) in [6.07, 6.45) is 3.43. The average Bonchev–Trinajstić information content (AvgIpc) is 2.66. The molecular formula is C22H23NO3. The third-order valence-corrected chi connectivity index (χ3v) is 4.43. The topological polar surface area (TPSA) is 55.4 Å². The highest BCUT2D eigenvalue weighted by atomic mass is 16.5. The number of hydrogen-bond acceptors (Lipinski definition) is 4. The molecule has 1 aliphatic rings. The third-order valence-electron chi connectivity index (χ3n) is 4.43. The van der Waals surface area contributed by atoms with E-state index in [1.165, 1.54) is 6.92 Å². The smallest absolute Gasteiger partial charge is 0.303 e. The van der Waals surface area contributed by atoms with Gasteiger partial charge in [-0.05, 0) is 24.0 Å². The summed E-state index contributed by atoms with van der Waals surface area (Å²) in [5.74, 6) is -0.204. The van der Waals surface area contributed by atoms with Crippen molar-refractivity contribution in [2.45, 2.75) is 38.3 Å². The summed E-state index contributed by atoms with van der Waals surface area (Å²) in [6.45, 7) is 1.42. The van der Waals surface area contributed by atoms with Gasteiger partial charge in [0.05, 0.1) is 6.04 Å². The first kappa shape index (κ1) is 17.9. The van der Waals surface area contributed by atoms with E-state index in [1.807, 2.05) is 60.7 Å². The van der Waals surface area contributed by atoms with E-state index >= 15 is 0 Å². The van der Waals surface area contributed by atoms with Crippen molar-refractivity contribution in [2.75, 3.05) is 0 Å². The standard InChI is InChI=1S/C22H23NO3/c1-16(24)26-22(18-11-6-3-7-12-18)21(17-9-4-2-5-10-17)23-19-13-8-14-20(25)15-19/h2-7,9-12,15,21-23H,8,13-14H2,1H3/t21-,22+/m0/s1. The zero-order chi connectivity index (χ0) is 18.4. The minimum Gasteiger partial charge on any atom is -0.455 e. The highest BCUT2D eigenvalue weighted by molar-refractivity contribution is 5.91. The second-order valence-electron chi connectivity index (χ2n) is 6.46. The van der Waals surface area contributed by atoms with Crippen LogP contribution in [0.2, 0.25) is 0 Å². The van der Waals surface area contributed by atoms with E-state index in [0.29, 0.717) is 6.42 Å². The number of hydrogen-bond donors (Lipinski definition) is 1. The molecule has 2 aromatic rings. The normalized spacial score (nSPS) is 16.3. The molecule has 0 fully saturated rings. The molecule has 0 radical (unpaired) electrons. The van der Waals surface area contributed by atoms with Crippen LogP contribution in [0.4, 0.5) is 0 Å². The van der Waals surface area contributed by atoms with Crippen molar-refractivity contribution in [2.24, 2.45) is 0 Å². The van der Waals surface area contributed by atoms with Crippen LogP contribution in [0.5, 0.6) is 0 Å². The Morgan fingerprint density at radius 2 is 1.58 bits per heavy atom. The molecule has 4 nitrogen and oxygen atoms in total. The number of carbonyl (C=O) groups excluding carboxylic acids is 2. The first-order chi connectivity index (χ1) is 12.6. The molecule has 0 bridgehead atoms. The van der Waals surface area contributed by atoms with Crippen molar-refractivity contribution in [1.29, 1.82) is 0 Å². The van der Waals surface area contributed by atoms with Crippen LogP contribution < -0.4 is 5.32 Å². The summed E-state index contributed by atoms with van der Waals surface area (Å²) in [7, 11) is 0. The number of benzene rings is 2. The number of ketones is 1. The van der Waals surface area contributed by atoms with E-state index in [9.17, 15) is 9.59 Å². The fourth-order valence-corrected chi connectivity index (χ4v) is 3.25. The first-order valence-electron chi connectivity index (χ1n) is 8.90. The van der Waals surface area contributed by atoms with Gasteiger partial charge in [-0.3, -0.25) is 9.59 Å². The van der Waals surface area contributed by atoms with Gasteiger partial charge in [0.15, 0.2) is 11.9 Å². The van der Waals surface area contributed by atoms with E-state index < -0.39 is 6.10 Å². The van der Waals surface area contributed by atoms with Gasteiger partial charge in [-0.2, -0.15) is 0 Å². The van der Waals surface area contributed by atoms with Crippen molar-refractivity contribution in [1.82, 2.24) is 5.32 Å². The van der Waals surface area contributed by atoms with E-state index in [-0.39, 0.29) is 17.8 Å². The van der Waals surface area contributed by atoms with Gasteiger partial charge in [0, 0.05) is 25.1 Å². The molecule has 0 saturated carbocycles. The average molecular weight is 349 g/mol. The van der Waals surface area contributed by atoms with E-state index in [1.54, 1.807) is 6.08 Å². The Morgan fingerprint density at radius 3 is 2.15 bits per heavy atom. The van der Waals surface area contributed by atoms with Crippen LogP contribution in [0.25, 0.3) is 0 Å². The van der Waals surface area contributed by atoms with Crippen LogP contribution >= 0.6 is 0 Å². The van der Waals surface area contributed by atoms with Gasteiger partial charge in [0.25, 0.3) is 0 Å². The van der Waals surface area contributed by atoms with Crippen LogP contribution in [-0.2, 0) is 14.3 Å². The van der Waals surface area contributed by atoms with Crippen molar-refractivity contribution in [3.8, 4) is 0 Å². The van der Waals surface area contributed by atoms with Gasteiger partial charge >= 0.3 is 5.97 Å². The Morgan fingerprint density at radius 1 is 0.962 bits per heavy atom. The zero-order valence-electron chi connectivity index (χ0n) is 14.9. The van der Waals surface area contributed by atoms with Crippen molar-refractivity contribution in [3.63, 3.8) is 0 Å². The minimum absolute atomic E-state index is 0.134. The van der Waals surface area contributed by atoms with Gasteiger partial charge in [0.1, 0.15) is 0 Å². The number of carbonyl (C=O) groups is 2. The second-order valence-corrected chi connectivity index (χ2v) is 6.46. The number of allylic oxidation sites excluding steroid dienone is 2. The monoisotopic (exact) mass is 349 g/mol.